The Kier molecular flexibility index (Phi) is 11.6. The number of benzene rings is 1. The van der Waals surface area contributed by atoms with E-state index in [1.54, 1.807) is 30.5 Å². The van der Waals surface area contributed by atoms with Gasteiger partial charge >= 0.3 is 5.97 Å². The molecule has 0 unspecified atom stereocenters. The van der Waals surface area contributed by atoms with Gasteiger partial charge in [-0.25, -0.2) is 18.2 Å². The summed E-state index contributed by atoms with van der Waals surface area (Å²) < 4.78 is 46.9. The number of amides is 3. The third-order valence-corrected chi connectivity index (χ3v) is 9.43. The number of carbonyl (C=O) groups is 4. The molecule has 9 N–H and O–H groups in total. The fraction of sp³-hybridized carbons (Fsp3) is 0.433. The number of nitrogens with one attached hydrogen (secondary N) is 2. The molecule has 2 aliphatic rings. The Morgan fingerprint density at radius 3 is 2.49 bits per heavy atom. The van der Waals surface area contributed by atoms with E-state index in [-0.39, 0.29) is 16.6 Å². The van der Waals surface area contributed by atoms with E-state index in [0.29, 0.717) is 53.9 Å². The number of primary amides is 1. The Balaban J connectivity index is 1.31. The van der Waals surface area contributed by atoms with Crippen LogP contribution in [0.25, 0.3) is 11.3 Å². The second-order valence-electron chi connectivity index (χ2n) is 12.6. The lowest BCUT2D eigenvalue weighted by atomic mass is 9.84. The molecular formula is C30H38N10O11S2. The molecule has 2 saturated heterocycles. The summed E-state index contributed by atoms with van der Waals surface area (Å²) in [6, 6.07) is 5.17. The van der Waals surface area contributed by atoms with Gasteiger partial charge in [-0.15, -0.1) is 16.0 Å². The van der Waals surface area contributed by atoms with Gasteiger partial charge in [0.15, 0.2) is 17.4 Å². The van der Waals surface area contributed by atoms with Crippen molar-refractivity contribution in [2.75, 3.05) is 32.0 Å². The van der Waals surface area contributed by atoms with Crippen LogP contribution in [0.2, 0.25) is 0 Å². The van der Waals surface area contributed by atoms with E-state index in [1.165, 1.54) is 19.2 Å². The molecule has 0 bridgehead atoms. The number of anilines is 1. The standard InChI is InChI=1S/C30H38N10O11S2/c1-30(2)24(27(43)40(30)51-53(46,47)48)36-26(42)22(20-15-52-29(33)35-20)37-50-21(28(44)45)14-49-18-6-4-17(5-7-18)23-19(25(32)41)13-38(9-3-8-31)39(23)12-16-10-34-11-16/h4-7,13,15-16,21,24,34H,3,8-12,14,31H2,1-2H3,(H6-,32,33,35,36,41,42,44,45,46,47,48)/b37-22-/t21-,24+/m0/s1. The number of rotatable bonds is 18. The van der Waals surface area contributed by atoms with E-state index < -0.39 is 64.1 Å². The molecule has 0 spiro atoms. The van der Waals surface area contributed by atoms with Crippen molar-refractivity contribution in [3.63, 3.8) is 0 Å². The average Bonchev–Trinajstić information content (AvgIpc) is 3.67. The molecule has 53 heavy (non-hydrogen) atoms. The van der Waals surface area contributed by atoms with Crippen molar-refractivity contribution in [2.24, 2.45) is 22.5 Å². The quantitative estimate of drug-likeness (QED) is 0.0201. The zero-order valence-electron chi connectivity index (χ0n) is 28.5. The summed E-state index contributed by atoms with van der Waals surface area (Å²) in [4.78, 5) is 59.7. The van der Waals surface area contributed by atoms with Gasteiger partial charge in [-0.2, -0.15) is 14.0 Å². The predicted molar refractivity (Wildman–Crippen MR) is 183 cm³/mol. The second-order valence-corrected chi connectivity index (χ2v) is 14.5. The van der Waals surface area contributed by atoms with Crippen LogP contribution in [0.3, 0.4) is 0 Å². The third kappa shape index (κ3) is 8.89. The average molecular weight is 779 g/mol. The van der Waals surface area contributed by atoms with Crippen LogP contribution in [0.1, 0.15) is 36.3 Å². The number of hydrogen-bond donors (Lipinski definition) is 6. The number of hydrogen-bond acceptors (Lipinski definition) is 16. The third-order valence-electron chi connectivity index (χ3n) is 8.43. The monoisotopic (exact) mass is 778 g/mol. The highest BCUT2D eigenvalue weighted by atomic mass is 32.3. The highest BCUT2D eigenvalue weighted by molar-refractivity contribution is 7.80. The van der Waals surface area contributed by atoms with E-state index in [4.69, 9.17) is 26.8 Å². The molecule has 5 rings (SSSR count). The van der Waals surface area contributed by atoms with E-state index >= 15 is 0 Å². The Bertz CT molecular complexity index is 2010. The summed E-state index contributed by atoms with van der Waals surface area (Å²) in [5.74, 6) is -3.62. The zero-order chi connectivity index (χ0) is 38.7. The fourth-order valence-electron chi connectivity index (χ4n) is 5.55. The highest BCUT2D eigenvalue weighted by Gasteiger charge is 2.57. The number of aromatic nitrogens is 3. The van der Waals surface area contributed by atoms with Crippen LogP contribution >= 0.6 is 11.3 Å². The first-order valence-electron chi connectivity index (χ1n) is 16.1. The van der Waals surface area contributed by atoms with Crippen molar-refractivity contribution >= 4 is 56.3 Å². The Morgan fingerprint density at radius 2 is 1.96 bits per heavy atom. The number of oxime groups is 1. The highest BCUT2D eigenvalue weighted by Crippen LogP contribution is 2.33. The van der Waals surface area contributed by atoms with Gasteiger partial charge in [0, 0.05) is 36.4 Å². The minimum Gasteiger partial charge on any atom is -0.724 e. The molecule has 0 aliphatic carbocycles. The van der Waals surface area contributed by atoms with E-state index in [1.807, 2.05) is 9.36 Å². The minimum atomic E-state index is -5.29. The molecule has 1 aromatic carbocycles. The number of aryl methyl sites for hydroxylation is 1. The van der Waals surface area contributed by atoms with Crippen molar-refractivity contribution in [1.82, 2.24) is 25.4 Å². The second kappa shape index (κ2) is 15.8. The first kappa shape index (κ1) is 39.0. The van der Waals surface area contributed by atoms with Gasteiger partial charge in [-0.3, -0.25) is 14.4 Å². The zero-order valence-corrected chi connectivity index (χ0v) is 30.1. The van der Waals surface area contributed by atoms with Crippen LogP contribution < -0.4 is 37.3 Å². The molecule has 21 nitrogen and oxygen atoms in total. The molecule has 23 heteroatoms. The fourth-order valence-corrected chi connectivity index (χ4v) is 6.55. The Morgan fingerprint density at radius 1 is 1.26 bits per heavy atom. The molecule has 0 radical (unpaired) electrons. The summed E-state index contributed by atoms with van der Waals surface area (Å²) in [5, 5.41) is 20.8. The maximum atomic E-state index is 13.3. The van der Waals surface area contributed by atoms with Gasteiger partial charge < -0.3 is 47.1 Å². The molecule has 2 aromatic heterocycles. The van der Waals surface area contributed by atoms with Crippen molar-refractivity contribution in [1.29, 1.82) is 0 Å². The number of nitrogens with zero attached hydrogens (tertiary/aromatic N) is 5. The molecular weight excluding hydrogens is 741 g/mol. The van der Waals surface area contributed by atoms with E-state index in [9.17, 15) is 37.3 Å². The number of carbonyl (C=O) groups excluding carboxylic acids is 3. The molecule has 0 saturated carbocycles. The molecule has 3 amide bonds. The lowest BCUT2D eigenvalue weighted by Gasteiger charge is -2.51. The lowest BCUT2D eigenvalue weighted by Crippen LogP contribution is -2.76. The molecule has 4 heterocycles. The number of β-lactam (4-membered cyclic amide) rings is 1. The van der Waals surface area contributed by atoms with Gasteiger partial charge in [-0.05, 0) is 44.7 Å². The van der Waals surface area contributed by atoms with Gasteiger partial charge in [-0.1, -0.05) is 5.16 Å². The van der Waals surface area contributed by atoms with E-state index in [0.717, 1.165) is 24.4 Å². The molecule has 3 aromatic rings. The normalized spacial score (nSPS) is 17.8. The van der Waals surface area contributed by atoms with Gasteiger partial charge in [0.2, 0.25) is 16.6 Å². The number of carboxylic acids is 1. The van der Waals surface area contributed by atoms with Crippen LogP contribution in [0.5, 0.6) is 5.75 Å². The number of nitrogens with two attached hydrogens (primary N) is 3. The number of ether oxygens (including phenoxy) is 1. The maximum absolute atomic E-state index is 13.3. The van der Waals surface area contributed by atoms with Crippen LogP contribution in [0.4, 0.5) is 5.13 Å². The smallest absolute Gasteiger partial charge is 0.351 e. The summed E-state index contributed by atoms with van der Waals surface area (Å²) in [5.41, 5.74) is 16.6. The molecule has 2 atom stereocenters. The van der Waals surface area contributed by atoms with Crippen molar-refractivity contribution in [2.45, 2.75) is 51.0 Å². The minimum absolute atomic E-state index is 0.0305. The number of aliphatic carboxylic acids is 1. The SMILES string of the molecule is CC1(C)[C@H](NC(=O)/C(=N\O[C@@H](COc2ccc(-c3c(C(N)=O)c[n+](CCCN)n3CC3CNC3)cc2)C(=O)O)c2csc(N)n2)C(=O)N1OS(=O)(=O)[O-]. The summed E-state index contributed by atoms with van der Waals surface area (Å²) in [6.45, 7) is 5.41. The first-order chi connectivity index (χ1) is 25.0. The van der Waals surface area contributed by atoms with Crippen molar-refractivity contribution in [3.05, 3.63) is 47.1 Å². The summed E-state index contributed by atoms with van der Waals surface area (Å²) in [7, 11) is -5.29. The summed E-state index contributed by atoms with van der Waals surface area (Å²) >= 11 is 0.934. The first-order valence-corrected chi connectivity index (χ1v) is 18.3. The van der Waals surface area contributed by atoms with Crippen molar-refractivity contribution < 1.29 is 55.8 Å². The number of nitrogen functional groups attached to an aromatic ring is 1. The van der Waals surface area contributed by atoms with Gasteiger partial charge in [0.05, 0.1) is 12.1 Å². The number of carboxylic acid groups (broad SMARTS) is 1. The summed E-state index contributed by atoms with van der Waals surface area (Å²) in [6.07, 6.45) is 0.647. The largest absolute Gasteiger partial charge is 0.724 e. The Hall–Kier alpha value is -5.20. The van der Waals surface area contributed by atoms with Crippen LogP contribution in [-0.4, -0.2) is 106 Å². The lowest BCUT2D eigenvalue weighted by molar-refractivity contribution is -0.775. The van der Waals surface area contributed by atoms with Gasteiger partial charge in [0.1, 0.15) is 35.3 Å². The van der Waals surface area contributed by atoms with Crippen LogP contribution in [0, 0.1) is 5.92 Å². The molecule has 2 fully saturated rings. The molecule has 2 aliphatic heterocycles. The Labute approximate surface area is 306 Å². The molecule has 286 valence electrons. The number of thiazole rings is 1. The van der Waals surface area contributed by atoms with Crippen LogP contribution in [0.15, 0.2) is 41.0 Å². The van der Waals surface area contributed by atoms with E-state index in [2.05, 4.69) is 25.1 Å². The van der Waals surface area contributed by atoms with Crippen molar-refractivity contribution in [3.8, 4) is 17.0 Å². The van der Waals surface area contributed by atoms with Crippen LogP contribution in [-0.2, 0) is 47.0 Å². The predicted octanol–water partition coefficient (Wildman–Crippen LogP) is -2.10. The number of hydroxylamine groups is 2. The van der Waals surface area contributed by atoms with Gasteiger partial charge in [0.25, 0.3) is 23.8 Å². The topological polar surface area (TPSA) is 313 Å². The maximum Gasteiger partial charge on any atom is 0.351 e.